The number of benzene rings is 1. The Balaban J connectivity index is 2.30. The summed E-state index contributed by atoms with van der Waals surface area (Å²) in [5.41, 5.74) is 1.01. The minimum atomic E-state index is -0.557. The fourth-order valence-electron chi connectivity index (χ4n) is 2.48. The number of hydrogen-bond acceptors (Lipinski definition) is 4. The zero-order valence-electron chi connectivity index (χ0n) is 15.9. The van der Waals surface area contributed by atoms with E-state index in [1.54, 1.807) is 0 Å². The second kappa shape index (κ2) is 6.08. The molecule has 5 nitrogen and oxygen atoms in total. The zero-order chi connectivity index (χ0) is 18.3. The van der Waals surface area contributed by atoms with Crippen molar-refractivity contribution in [3.05, 3.63) is 23.8 Å². The summed E-state index contributed by atoms with van der Waals surface area (Å²) in [7, 11) is -0.541. The largest absolute Gasteiger partial charge is 0.497 e. The monoisotopic (exact) mass is 333 g/mol. The lowest BCUT2D eigenvalue weighted by Crippen LogP contribution is -2.41. The third kappa shape index (κ3) is 3.93. The van der Waals surface area contributed by atoms with E-state index in [0.29, 0.717) is 5.69 Å². The maximum absolute atomic E-state index is 12.1. The number of amides is 1. The Kier molecular flexibility index (Phi) is 4.77. The summed E-state index contributed by atoms with van der Waals surface area (Å²) in [5.74, 6) is 0. The molecule has 1 aromatic carbocycles. The van der Waals surface area contributed by atoms with Crippen molar-refractivity contribution in [1.29, 1.82) is 0 Å². The zero-order valence-corrected chi connectivity index (χ0v) is 15.9. The van der Waals surface area contributed by atoms with Crippen LogP contribution in [0.15, 0.2) is 18.2 Å². The Labute approximate surface area is 145 Å². The minimum absolute atomic E-state index is 0.441. The van der Waals surface area contributed by atoms with Gasteiger partial charge in [-0.25, -0.2) is 4.79 Å². The first-order valence-corrected chi connectivity index (χ1v) is 8.27. The molecular formula is C18H28BNO4. The van der Waals surface area contributed by atoms with Gasteiger partial charge in [0, 0.05) is 11.2 Å². The molecule has 0 aromatic heterocycles. The average molecular weight is 333 g/mol. The van der Waals surface area contributed by atoms with Crippen molar-refractivity contribution in [1.82, 2.24) is 0 Å². The summed E-state index contributed by atoms with van der Waals surface area (Å²) in [4.78, 5) is 12.1. The second-order valence-corrected chi connectivity index (χ2v) is 8.25. The Morgan fingerprint density at radius 1 is 1.12 bits per heavy atom. The van der Waals surface area contributed by atoms with E-state index < -0.39 is 30.0 Å². The molecule has 2 rings (SSSR count). The molecule has 0 bridgehead atoms. The molecule has 0 saturated carbocycles. The molecule has 1 aliphatic heterocycles. The molecule has 1 fully saturated rings. The van der Waals surface area contributed by atoms with Crippen molar-refractivity contribution in [2.75, 3.05) is 5.32 Å². The van der Waals surface area contributed by atoms with Gasteiger partial charge >= 0.3 is 13.2 Å². The van der Waals surface area contributed by atoms with Crippen LogP contribution < -0.4 is 10.8 Å². The van der Waals surface area contributed by atoms with Crippen LogP contribution in [0.4, 0.5) is 10.5 Å². The summed E-state index contributed by atoms with van der Waals surface area (Å²) in [6.45, 7) is 15.5. The maximum Gasteiger partial charge on any atom is 0.497 e. The van der Waals surface area contributed by atoms with Crippen LogP contribution >= 0.6 is 0 Å². The van der Waals surface area contributed by atoms with Crippen molar-refractivity contribution in [2.24, 2.45) is 0 Å². The van der Waals surface area contributed by atoms with Crippen molar-refractivity contribution in [2.45, 2.75) is 72.2 Å². The number of aryl methyl sites for hydroxylation is 1. The first-order valence-electron chi connectivity index (χ1n) is 8.27. The van der Waals surface area contributed by atoms with Crippen LogP contribution in [0.1, 0.15) is 54.0 Å². The molecule has 1 N–H and O–H groups in total. The highest BCUT2D eigenvalue weighted by Crippen LogP contribution is 2.37. The van der Waals surface area contributed by atoms with Crippen LogP contribution in [0.5, 0.6) is 0 Å². The molecule has 1 amide bonds. The van der Waals surface area contributed by atoms with Gasteiger partial charge in [-0.15, -0.1) is 0 Å². The molecule has 0 unspecified atom stereocenters. The van der Waals surface area contributed by atoms with E-state index in [1.807, 2.05) is 73.6 Å². The van der Waals surface area contributed by atoms with Crippen LogP contribution in [-0.4, -0.2) is 30.0 Å². The summed E-state index contributed by atoms with van der Waals surface area (Å²) >= 11 is 0. The van der Waals surface area contributed by atoms with E-state index in [0.717, 1.165) is 11.0 Å². The van der Waals surface area contributed by atoms with Gasteiger partial charge in [0.05, 0.1) is 11.2 Å². The number of hydrogen-bond donors (Lipinski definition) is 1. The quantitative estimate of drug-likeness (QED) is 0.840. The number of anilines is 1. The lowest BCUT2D eigenvalue weighted by Gasteiger charge is -2.32. The van der Waals surface area contributed by atoms with Crippen molar-refractivity contribution in [3.63, 3.8) is 0 Å². The van der Waals surface area contributed by atoms with Crippen LogP contribution in [0.2, 0.25) is 0 Å². The molecular weight excluding hydrogens is 305 g/mol. The predicted molar refractivity (Wildman–Crippen MR) is 96.8 cm³/mol. The second-order valence-electron chi connectivity index (χ2n) is 8.25. The van der Waals surface area contributed by atoms with E-state index in [4.69, 9.17) is 14.0 Å². The number of carbonyl (C=O) groups is 1. The van der Waals surface area contributed by atoms with Gasteiger partial charge in [0.15, 0.2) is 0 Å². The van der Waals surface area contributed by atoms with Gasteiger partial charge in [-0.1, -0.05) is 12.1 Å². The standard InChI is InChI=1S/C18H28BNO4/c1-12-10-9-11-13(20-15(21)22-16(2,3)4)14(12)19-23-17(5,6)18(7,8)24-19/h9-11H,1-8H3,(H,20,21). The van der Waals surface area contributed by atoms with Crippen LogP contribution in [0, 0.1) is 6.92 Å². The lowest BCUT2D eigenvalue weighted by molar-refractivity contribution is 0.00578. The van der Waals surface area contributed by atoms with E-state index >= 15 is 0 Å². The summed E-state index contributed by atoms with van der Waals surface area (Å²) in [6, 6.07) is 5.69. The minimum Gasteiger partial charge on any atom is -0.444 e. The molecule has 24 heavy (non-hydrogen) atoms. The van der Waals surface area contributed by atoms with Crippen molar-refractivity contribution < 1.29 is 18.8 Å². The summed E-state index contributed by atoms with van der Waals surface area (Å²) in [5, 5.41) is 2.82. The van der Waals surface area contributed by atoms with Gasteiger partial charge in [-0.05, 0) is 67.0 Å². The Morgan fingerprint density at radius 2 is 1.67 bits per heavy atom. The van der Waals surface area contributed by atoms with E-state index in [2.05, 4.69) is 5.32 Å². The number of ether oxygens (including phenoxy) is 1. The number of carbonyl (C=O) groups excluding carboxylic acids is 1. The molecule has 1 aliphatic rings. The smallest absolute Gasteiger partial charge is 0.444 e. The SMILES string of the molecule is Cc1cccc(NC(=O)OC(C)(C)C)c1B1OC(C)(C)C(C)(C)O1. The molecule has 0 aliphatic carbocycles. The Morgan fingerprint density at radius 3 is 2.17 bits per heavy atom. The molecule has 132 valence electrons. The Hall–Kier alpha value is -1.53. The topological polar surface area (TPSA) is 56.8 Å². The Bertz CT molecular complexity index is 618. The highest BCUT2D eigenvalue weighted by Gasteiger charge is 2.52. The highest BCUT2D eigenvalue weighted by molar-refractivity contribution is 6.64. The van der Waals surface area contributed by atoms with Crippen LogP contribution in [0.25, 0.3) is 0 Å². The summed E-state index contributed by atoms with van der Waals surface area (Å²) < 4.78 is 17.6. The van der Waals surface area contributed by atoms with Crippen LogP contribution in [-0.2, 0) is 14.0 Å². The predicted octanol–water partition coefficient (Wildman–Crippen LogP) is 3.64. The van der Waals surface area contributed by atoms with Gasteiger partial charge in [-0.3, -0.25) is 5.32 Å². The molecule has 1 heterocycles. The van der Waals surface area contributed by atoms with Gasteiger partial charge in [-0.2, -0.15) is 0 Å². The van der Waals surface area contributed by atoms with Gasteiger partial charge in [0.2, 0.25) is 0 Å². The lowest BCUT2D eigenvalue weighted by atomic mass is 9.75. The highest BCUT2D eigenvalue weighted by atomic mass is 16.7. The third-order valence-corrected chi connectivity index (χ3v) is 4.45. The fraction of sp³-hybridized carbons (Fsp3) is 0.611. The van der Waals surface area contributed by atoms with E-state index in [1.165, 1.54) is 0 Å². The molecule has 6 heteroatoms. The number of nitrogens with one attached hydrogen (secondary N) is 1. The van der Waals surface area contributed by atoms with Gasteiger partial charge < -0.3 is 14.0 Å². The van der Waals surface area contributed by atoms with Crippen molar-refractivity contribution >= 4 is 24.4 Å². The van der Waals surface area contributed by atoms with E-state index in [-0.39, 0.29) is 0 Å². The normalized spacial score (nSPS) is 19.2. The maximum atomic E-state index is 12.1. The first-order chi connectivity index (χ1) is 10.8. The fourth-order valence-corrected chi connectivity index (χ4v) is 2.48. The molecule has 0 spiro atoms. The molecule has 1 aromatic rings. The van der Waals surface area contributed by atoms with Crippen molar-refractivity contribution in [3.8, 4) is 0 Å². The van der Waals surface area contributed by atoms with Crippen LogP contribution in [0.3, 0.4) is 0 Å². The molecule has 1 saturated heterocycles. The van der Waals surface area contributed by atoms with Gasteiger partial charge in [0.1, 0.15) is 5.60 Å². The molecule has 0 radical (unpaired) electrons. The third-order valence-electron chi connectivity index (χ3n) is 4.45. The number of rotatable bonds is 2. The van der Waals surface area contributed by atoms with E-state index in [9.17, 15) is 4.79 Å². The van der Waals surface area contributed by atoms with Gasteiger partial charge in [0.25, 0.3) is 0 Å². The first kappa shape index (κ1) is 18.8. The summed E-state index contributed by atoms with van der Waals surface area (Å²) in [6.07, 6.45) is -0.495. The molecule has 0 atom stereocenters. The average Bonchev–Trinajstić information content (AvgIpc) is 2.55.